The van der Waals surface area contributed by atoms with Crippen molar-refractivity contribution in [2.75, 3.05) is 13.1 Å². The van der Waals surface area contributed by atoms with Crippen LogP contribution in [0.15, 0.2) is 25.3 Å². The summed E-state index contributed by atoms with van der Waals surface area (Å²) in [5.41, 5.74) is -0.120. The predicted molar refractivity (Wildman–Crippen MR) is 139 cm³/mol. The van der Waals surface area contributed by atoms with E-state index in [1.54, 1.807) is 17.1 Å². The number of carbonyl (C=O) groups is 1. The molecule has 4 rings (SSSR count). The standard InChI is InChI=1S/C30H49NO4/c1-6-14-31(15-7-2)27(35)11-8-19(3)22-9-10-23-28-24(18-26(34)30(22,23)5)29(4)13-12-21(32)16-20(29)17-25(28)33/h6-7,19-26,28,32-34H,1-2,8-18H2,3-5H3/t19-,20+,21-,22-,23+,24?,25-,26+,28+,29+,30-/m1/s1. The van der Waals surface area contributed by atoms with E-state index in [4.69, 9.17) is 0 Å². The number of amides is 1. The fourth-order valence-electron chi connectivity index (χ4n) is 9.43. The summed E-state index contributed by atoms with van der Waals surface area (Å²) in [6.45, 7) is 15.5. The normalized spacial score (nSPS) is 45.5. The SMILES string of the molecule is C=CCN(CC=C)C(=O)CC[C@@H](C)[C@H]1CC[C@H]2[C@H]3C(C[C@H](O)[C@]12C)[C@@]1(C)CC[C@@H](O)C[C@H]1C[C@H]3O. The highest BCUT2D eigenvalue weighted by molar-refractivity contribution is 5.76. The quantitative estimate of drug-likeness (QED) is 0.438. The smallest absolute Gasteiger partial charge is 0.223 e. The Balaban J connectivity index is 1.49. The molecule has 198 valence electrons. The van der Waals surface area contributed by atoms with Crippen molar-refractivity contribution in [2.45, 2.75) is 96.9 Å². The lowest BCUT2D eigenvalue weighted by Crippen LogP contribution is -2.62. The molecule has 1 unspecified atom stereocenters. The molecule has 5 nitrogen and oxygen atoms in total. The number of fused-ring (bicyclic) bond motifs is 5. The number of nitrogens with zero attached hydrogens (tertiary/aromatic N) is 1. The Hall–Kier alpha value is -1.17. The number of aliphatic hydroxyl groups is 3. The van der Waals surface area contributed by atoms with Crippen LogP contribution in [0.4, 0.5) is 0 Å². The number of hydrogen-bond acceptors (Lipinski definition) is 4. The van der Waals surface area contributed by atoms with Crippen molar-refractivity contribution in [2.24, 2.45) is 46.3 Å². The second-order valence-corrected chi connectivity index (χ2v) is 12.9. The maximum absolute atomic E-state index is 12.8. The van der Waals surface area contributed by atoms with Gasteiger partial charge in [-0.3, -0.25) is 4.79 Å². The molecule has 11 atom stereocenters. The maximum atomic E-state index is 12.8. The van der Waals surface area contributed by atoms with Gasteiger partial charge < -0.3 is 20.2 Å². The first-order valence-corrected chi connectivity index (χ1v) is 14.1. The summed E-state index contributed by atoms with van der Waals surface area (Å²) in [6.07, 6.45) is 10.2. The molecule has 4 aliphatic rings. The van der Waals surface area contributed by atoms with Crippen molar-refractivity contribution >= 4 is 5.91 Å². The molecule has 0 heterocycles. The molecule has 3 N–H and O–H groups in total. The van der Waals surface area contributed by atoms with Crippen LogP contribution < -0.4 is 0 Å². The van der Waals surface area contributed by atoms with E-state index >= 15 is 0 Å². The first-order chi connectivity index (χ1) is 16.6. The van der Waals surface area contributed by atoms with Crippen molar-refractivity contribution in [1.29, 1.82) is 0 Å². The lowest BCUT2D eigenvalue weighted by Gasteiger charge is -2.63. The first-order valence-electron chi connectivity index (χ1n) is 14.1. The molecule has 5 heteroatoms. The van der Waals surface area contributed by atoms with E-state index < -0.39 is 0 Å². The van der Waals surface area contributed by atoms with E-state index in [9.17, 15) is 20.1 Å². The number of aliphatic hydroxyl groups excluding tert-OH is 3. The first kappa shape index (κ1) is 26.9. The van der Waals surface area contributed by atoms with Crippen molar-refractivity contribution in [3.05, 3.63) is 25.3 Å². The summed E-state index contributed by atoms with van der Waals surface area (Å²) in [6, 6.07) is 0. The number of hydrogen-bond donors (Lipinski definition) is 3. The Bertz CT molecular complexity index is 789. The largest absolute Gasteiger partial charge is 0.393 e. The van der Waals surface area contributed by atoms with E-state index in [1.807, 2.05) is 0 Å². The fourth-order valence-corrected chi connectivity index (χ4v) is 9.43. The van der Waals surface area contributed by atoms with Crippen molar-refractivity contribution < 1.29 is 20.1 Å². The molecule has 0 aromatic carbocycles. The van der Waals surface area contributed by atoms with Gasteiger partial charge in [0.2, 0.25) is 5.91 Å². The second-order valence-electron chi connectivity index (χ2n) is 12.9. The van der Waals surface area contributed by atoms with E-state index in [-0.39, 0.29) is 41.0 Å². The molecule has 0 aliphatic heterocycles. The maximum Gasteiger partial charge on any atom is 0.223 e. The summed E-state index contributed by atoms with van der Waals surface area (Å²) in [4.78, 5) is 14.6. The van der Waals surface area contributed by atoms with E-state index in [1.165, 1.54) is 0 Å². The predicted octanol–water partition coefficient (Wildman–Crippen LogP) is 4.56. The minimum absolute atomic E-state index is 0.0985. The van der Waals surface area contributed by atoms with Gasteiger partial charge in [0.25, 0.3) is 0 Å². The summed E-state index contributed by atoms with van der Waals surface area (Å²) in [7, 11) is 0. The molecule has 0 aromatic heterocycles. The van der Waals surface area contributed by atoms with Gasteiger partial charge in [0.1, 0.15) is 0 Å². The third-order valence-corrected chi connectivity index (χ3v) is 11.4. The van der Waals surface area contributed by atoms with Crippen molar-refractivity contribution in [3.63, 3.8) is 0 Å². The van der Waals surface area contributed by atoms with Gasteiger partial charge in [0.15, 0.2) is 0 Å². The molecule has 1 amide bonds. The summed E-state index contributed by atoms with van der Waals surface area (Å²) in [5.74, 6) is 2.04. The van der Waals surface area contributed by atoms with Crippen LogP contribution in [0.25, 0.3) is 0 Å². The molecule has 4 aliphatic carbocycles. The Kier molecular flexibility index (Phi) is 7.91. The van der Waals surface area contributed by atoms with Crippen LogP contribution >= 0.6 is 0 Å². The Morgan fingerprint density at radius 2 is 1.71 bits per heavy atom. The van der Waals surface area contributed by atoms with Gasteiger partial charge in [0.05, 0.1) is 18.3 Å². The van der Waals surface area contributed by atoms with Gasteiger partial charge in [-0.25, -0.2) is 0 Å². The molecular weight excluding hydrogens is 438 g/mol. The number of carbonyl (C=O) groups excluding carboxylic acids is 1. The molecule has 4 fully saturated rings. The monoisotopic (exact) mass is 487 g/mol. The second kappa shape index (κ2) is 10.3. The van der Waals surface area contributed by atoms with Crippen LogP contribution in [0.3, 0.4) is 0 Å². The molecule has 0 radical (unpaired) electrons. The topological polar surface area (TPSA) is 81.0 Å². The molecule has 0 saturated heterocycles. The van der Waals surface area contributed by atoms with Crippen LogP contribution in [0.1, 0.15) is 78.6 Å². The van der Waals surface area contributed by atoms with E-state index in [0.29, 0.717) is 49.1 Å². The van der Waals surface area contributed by atoms with Crippen LogP contribution in [0.2, 0.25) is 0 Å². The van der Waals surface area contributed by atoms with Gasteiger partial charge >= 0.3 is 0 Å². The van der Waals surface area contributed by atoms with Crippen molar-refractivity contribution in [1.82, 2.24) is 4.90 Å². The minimum atomic E-state index is -0.382. The Morgan fingerprint density at radius 1 is 1.03 bits per heavy atom. The Labute approximate surface area is 212 Å². The third-order valence-electron chi connectivity index (χ3n) is 11.4. The van der Waals surface area contributed by atoms with Gasteiger partial charge in [0, 0.05) is 19.5 Å². The average Bonchev–Trinajstić information content (AvgIpc) is 3.17. The van der Waals surface area contributed by atoms with Gasteiger partial charge in [-0.2, -0.15) is 0 Å². The van der Waals surface area contributed by atoms with Gasteiger partial charge in [-0.1, -0.05) is 32.9 Å². The summed E-state index contributed by atoms with van der Waals surface area (Å²) in [5, 5.41) is 33.4. The van der Waals surface area contributed by atoms with Crippen LogP contribution in [-0.2, 0) is 4.79 Å². The molecular formula is C30H49NO4. The summed E-state index contributed by atoms with van der Waals surface area (Å²) >= 11 is 0. The highest BCUT2D eigenvalue weighted by Gasteiger charge is 2.65. The van der Waals surface area contributed by atoms with E-state index in [2.05, 4.69) is 33.9 Å². The highest BCUT2D eigenvalue weighted by Crippen LogP contribution is 2.68. The van der Waals surface area contributed by atoms with Crippen LogP contribution in [-0.4, -0.2) is 57.5 Å². The van der Waals surface area contributed by atoms with Crippen LogP contribution in [0, 0.1) is 46.3 Å². The summed E-state index contributed by atoms with van der Waals surface area (Å²) < 4.78 is 0. The number of rotatable bonds is 8. The van der Waals surface area contributed by atoms with E-state index in [0.717, 1.165) is 51.4 Å². The Morgan fingerprint density at radius 3 is 2.37 bits per heavy atom. The van der Waals surface area contributed by atoms with Gasteiger partial charge in [-0.15, -0.1) is 13.2 Å². The average molecular weight is 488 g/mol. The fraction of sp³-hybridized carbons (Fsp3) is 0.833. The lowest BCUT2D eigenvalue weighted by molar-refractivity contribution is -0.207. The molecule has 0 bridgehead atoms. The molecule has 0 aromatic rings. The van der Waals surface area contributed by atoms with Crippen molar-refractivity contribution in [3.8, 4) is 0 Å². The highest BCUT2D eigenvalue weighted by atomic mass is 16.3. The molecule has 35 heavy (non-hydrogen) atoms. The third kappa shape index (κ3) is 4.55. The van der Waals surface area contributed by atoms with Gasteiger partial charge in [-0.05, 0) is 97.7 Å². The zero-order valence-corrected chi connectivity index (χ0v) is 22.2. The zero-order valence-electron chi connectivity index (χ0n) is 22.2. The minimum Gasteiger partial charge on any atom is -0.393 e. The van der Waals surface area contributed by atoms with Crippen LogP contribution in [0.5, 0.6) is 0 Å². The molecule has 0 spiro atoms. The molecule has 4 saturated carbocycles. The lowest BCUT2D eigenvalue weighted by atomic mass is 9.43. The zero-order chi connectivity index (χ0) is 25.5.